The first-order valence-corrected chi connectivity index (χ1v) is 8.35. The van der Waals surface area contributed by atoms with Crippen molar-refractivity contribution in [1.82, 2.24) is 10.6 Å². The van der Waals surface area contributed by atoms with Gasteiger partial charge in [-0.25, -0.2) is 0 Å². The van der Waals surface area contributed by atoms with Crippen molar-refractivity contribution in [2.45, 2.75) is 19.1 Å². The van der Waals surface area contributed by atoms with Gasteiger partial charge in [0.05, 0.1) is 12.6 Å². The lowest BCUT2D eigenvalue weighted by molar-refractivity contribution is -0.121. The molecule has 0 bridgehead atoms. The smallest absolute Gasteiger partial charge is 0.221 e. The Bertz CT molecular complexity index is 590. The fraction of sp³-hybridized carbons (Fsp3) is 0.312. The van der Waals surface area contributed by atoms with Gasteiger partial charge in [-0.05, 0) is 17.5 Å². The highest BCUT2D eigenvalue weighted by molar-refractivity contribution is 7.09. The van der Waals surface area contributed by atoms with Crippen molar-refractivity contribution in [3.8, 4) is 0 Å². The third-order valence-electron chi connectivity index (χ3n) is 3.17. The maximum Gasteiger partial charge on any atom is 0.221 e. The van der Waals surface area contributed by atoms with Crippen molar-refractivity contribution >= 4 is 28.8 Å². The number of hydrogen-bond acceptors (Lipinski definition) is 4. The summed E-state index contributed by atoms with van der Waals surface area (Å²) in [6, 6.07) is 11.2. The average Bonchev–Trinajstić information content (AvgIpc) is 3.03. The quantitative estimate of drug-likeness (QED) is 0.649. The van der Waals surface area contributed by atoms with Crippen LogP contribution in [0.3, 0.4) is 0 Å². The Morgan fingerprint density at radius 3 is 2.82 bits per heavy atom. The summed E-state index contributed by atoms with van der Waals surface area (Å²) in [5, 5.41) is 18.5. The van der Waals surface area contributed by atoms with Crippen LogP contribution in [0.2, 0.25) is 5.02 Å². The highest BCUT2D eigenvalue weighted by Crippen LogP contribution is 2.21. The normalized spacial score (nSPS) is 12.1. The van der Waals surface area contributed by atoms with E-state index < -0.39 is 6.10 Å². The average molecular weight is 339 g/mol. The Morgan fingerprint density at radius 2 is 2.09 bits per heavy atom. The van der Waals surface area contributed by atoms with Crippen LogP contribution < -0.4 is 10.6 Å². The third kappa shape index (κ3) is 5.42. The number of nitrogens with one attached hydrogen (secondary N) is 2. The maximum atomic E-state index is 11.7. The fourth-order valence-corrected chi connectivity index (χ4v) is 2.89. The molecule has 3 N–H and O–H groups in total. The first-order chi connectivity index (χ1) is 10.7. The number of carbonyl (C=O) groups excluding carboxylic acids is 1. The summed E-state index contributed by atoms with van der Waals surface area (Å²) in [5.74, 6) is -0.00636. The number of amides is 1. The Hall–Kier alpha value is -1.40. The molecule has 1 atom stereocenters. The molecule has 0 saturated heterocycles. The molecule has 0 spiro atoms. The van der Waals surface area contributed by atoms with E-state index in [1.165, 1.54) is 0 Å². The molecule has 0 radical (unpaired) electrons. The lowest BCUT2D eigenvalue weighted by Crippen LogP contribution is -2.29. The van der Waals surface area contributed by atoms with Crippen molar-refractivity contribution in [2.24, 2.45) is 0 Å². The van der Waals surface area contributed by atoms with Gasteiger partial charge in [-0.3, -0.25) is 4.79 Å². The number of aliphatic hydroxyl groups excluding tert-OH is 1. The minimum absolute atomic E-state index is 0.00636. The molecule has 1 heterocycles. The number of carbonyl (C=O) groups is 1. The van der Waals surface area contributed by atoms with E-state index in [0.29, 0.717) is 36.6 Å². The van der Waals surface area contributed by atoms with Gasteiger partial charge in [0, 0.05) is 35.0 Å². The summed E-state index contributed by atoms with van der Waals surface area (Å²) in [6.07, 6.45) is -0.302. The number of benzene rings is 1. The van der Waals surface area contributed by atoms with Gasteiger partial charge in [0.1, 0.15) is 0 Å². The molecule has 4 nitrogen and oxygen atoms in total. The number of rotatable bonds is 8. The van der Waals surface area contributed by atoms with Crippen LogP contribution in [-0.4, -0.2) is 24.1 Å². The van der Waals surface area contributed by atoms with E-state index in [0.717, 1.165) is 4.88 Å². The molecule has 0 saturated carbocycles. The van der Waals surface area contributed by atoms with Crippen molar-refractivity contribution in [1.29, 1.82) is 0 Å². The minimum Gasteiger partial charge on any atom is -0.387 e. The van der Waals surface area contributed by atoms with Crippen LogP contribution in [-0.2, 0) is 11.3 Å². The Balaban J connectivity index is 1.62. The molecule has 6 heteroatoms. The van der Waals surface area contributed by atoms with Gasteiger partial charge < -0.3 is 15.7 Å². The zero-order chi connectivity index (χ0) is 15.8. The molecular formula is C16H19ClN2O2S. The van der Waals surface area contributed by atoms with Gasteiger partial charge in [0.15, 0.2) is 0 Å². The van der Waals surface area contributed by atoms with Crippen molar-refractivity contribution < 1.29 is 9.90 Å². The fourth-order valence-electron chi connectivity index (χ4n) is 1.98. The summed E-state index contributed by atoms with van der Waals surface area (Å²) in [4.78, 5) is 12.8. The van der Waals surface area contributed by atoms with E-state index in [4.69, 9.17) is 11.6 Å². The standard InChI is InChI=1S/C16H19ClN2O2S/c17-14-6-2-1-5-13(14)15(20)11-18-8-7-16(21)19-10-12-4-3-9-22-12/h1-6,9,15,18,20H,7-8,10-11H2,(H,19,21)/t15-/m1/s1. The Labute approximate surface area is 139 Å². The molecule has 2 aromatic rings. The van der Waals surface area contributed by atoms with Crippen LogP contribution in [0.1, 0.15) is 23.0 Å². The van der Waals surface area contributed by atoms with Crippen LogP contribution in [0.4, 0.5) is 0 Å². The first-order valence-electron chi connectivity index (χ1n) is 7.09. The molecule has 0 unspecified atom stereocenters. The summed E-state index contributed by atoms with van der Waals surface area (Å²) in [6.45, 7) is 1.44. The summed E-state index contributed by atoms with van der Waals surface area (Å²) >= 11 is 7.64. The topological polar surface area (TPSA) is 61.4 Å². The van der Waals surface area contributed by atoms with Gasteiger partial charge in [-0.15, -0.1) is 11.3 Å². The second-order valence-corrected chi connectivity index (χ2v) is 6.29. The van der Waals surface area contributed by atoms with Crippen LogP contribution in [0.15, 0.2) is 41.8 Å². The highest BCUT2D eigenvalue weighted by atomic mass is 35.5. The maximum absolute atomic E-state index is 11.7. The largest absolute Gasteiger partial charge is 0.387 e. The lowest BCUT2D eigenvalue weighted by Gasteiger charge is -2.13. The second kappa shape index (κ2) is 8.90. The Morgan fingerprint density at radius 1 is 1.27 bits per heavy atom. The lowest BCUT2D eigenvalue weighted by atomic mass is 10.1. The molecule has 2 rings (SSSR count). The van der Waals surface area contributed by atoms with Crippen LogP contribution >= 0.6 is 22.9 Å². The zero-order valence-electron chi connectivity index (χ0n) is 12.1. The van der Waals surface area contributed by atoms with Gasteiger partial charge in [0.25, 0.3) is 0 Å². The molecule has 118 valence electrons. The van der Waals surface area contributed by atoms with Crippen LogP contribution in [0.5, 0.6) is 0 Å². The monoisotopic (exact) mass is 338 g/mol. The summed E-state index contributed by atoms with van der Waals surface area (Å²) in [7, 11) is 0. The van der Waals surface area contributed by atoms with E-state index in [9.17, 15) is 9.90 Å². The molecule has 22 heavy (non-hydrogen) atoms. The minimum atomic E-state index is -0.678. The second-order valence-electron chi connectivity index (χ2n) is 4.85. The van der Waals surface area contributed by atoms with Crippen molar-refractivity contribution in [2.75, 3.05) is 13.1 Å². The summed E-state index contributed by atoms with van der Waals surface area (Å²) in [5.41, 5.74) is 0.693. The number of hydrogen-bond donors (Lipinski definition) is 3. The van der Waals surface area contributed by atoms with Gasteiger partial charge in [-0.1, -0.05) is 35.9 Å². The summed E-state index contributed by atoms with van der Waals surface area (Å²) < 4.78 is 0. The van der Waals surface area contributed by atoms with Crippen LogP contribution in [0, 0.1) is 0 Å². The van der Waals surface area contributed by atoms with Crippen molar-refractivity contribution in [3.63, 3.8) is 0 Å². The van der Waals surface area contributed by atoms with E-state index in [-0.39, 0.29) is 5.91 Å². The van der Waals surface area contributed by atoms with Crippen LogP contribution in [0.25, 0.3) is 0 Å². The predicted molar refractivity (Wildman–Crippen MR) is 90.1 cm³/mol. The number of halogens is 1. The molecule has 1 aromatic carbocycles. The van der Waals surface area contributed by atoms with Gasteiger partial charge >= 0.3 is 0 Å². The van der Waals surface area contributed by atoms with E-state index in [2.05, 4.69) is 10.6 Å². The molecule has 1 aromatic heterocycles. The van der Waals surface area contributed by atoms with E-state index in [1.54, 1.807) is 23.5 Å². The first kappa shape index (κ1) is 17.0. The van der Waals surface area contributed by atoms with Gasteiger partial charge in [-0.2, -0.15) is 0 Å². The molecule has 0 aliphatic rings. The number of thiophene rings is 1. The molecular weight excluding hydrogens is 320 g/mol. The highest BCUT2D eigenvalue weighted by Gasteiger charge is 2.10. The predicted octanol–water partition coefficient (Wildman–Crippen LogP) is 2.73. The van der Waals surface area contributed by atoms with Crippen molar-refractivity contribution in [3.05, 3.63) is 57.2 Å². The molecule has 0 fully saturated rings. The Kier molecular flexibility index (Phi) is 6.86. The van der Waals surface area contributed by atoms with Gasteiger partial charge in [0.2, 0.25) is 5.91 Å². The van der Waals surface area contributed by atoms with E-state index >= 15 is 0 Å². The van der Waals surface area contributed by atoms with E-state index in [1.807, 2.05) is 29.6 Å². The molecule has 0 aliphatic heterocycles. The molecule has 1 amide bonds. The molecule has 0 aliphatic carbocycles. The zero-order valence-corrected chi connectivity index (χ0v) is 13.7. The SMILES string of the molecule is O=C(CCNC[C@@H](O)c1ccccc1Cl)NCc1cccs1. The third-order valence-corrected chi connectivity index (χ3v) is 4.39. The number of aliphatic hydroxyl groups is 1.